The number of nitrogens with zero attached hydrogens (tertiary/aromatic N) is 1. The maximum Gasteiger partial charge on any atom is 0.260 e. The first-order valence-electron chi connectivity index (χ1n) is 6.39. The van der Waals surface area contributed by atoms with E-state index < -0.39 is 40.6 Å². The topological polar surface area (TPSA) is 46.3 Å². The molecule has 1 aromatic rings. The van der Waals surface area contributed by atoms with Crippen LogP contribution in [-0.2, 0) is 0 Å². The Balaban J connectivity index is 2.40. The molecule has 0 aliphatic carbocycles. The van der Waals surface area contributed by atoms with Gasteiger partial charge in [0, 0.05) is 13.1 Å². The van der Waals surface area contributed by atoms with Crippen molar-refractivity contribution in [2.75, 3.05) is 19.6 Å². The van der Waals surface area contributed by atoms with E-state index in [4.69, 9.17) is 5.73 Å². The third-order valence-corrected chi connectivity index (χ3v) is 3.56. The van der Waals surface area contributed by atoms with Crippen molar-refractivity contribution in [2.45, 2.75) is 12.8 Å². The highest BCUT2D eigenvalue weighted by atomic mass is 19.2. The summed E-state index contributed by atoms with van der Waals surface area (Å²) in [6.07, 6.45) is 1.31. The number of carbonyl (C=O) groups is 1. The van der Waals surface area contributed by atoms with Crippen LogP contribution >= 0.6 is 0 Å². The summed E-state index contributed by atoms with van der Waals surface area (Å²) in [7, 11) is 0. The third kappa shape index (κ3) is 2.72. The number of hydrogen-bond acceptors (Lipinski definition) is 2. The van der Waals surface area contributed by atoms with Gasteiger partial charge in [-0.2, -0.15) is 0 Å². The minimum atomic E-state index is -2.28. The van der Waals surface area contributed by atoms with E-state index in [1.54, 1.807) is 0 Å². The van der Waals surface area contributed by atoms with E-state index in [1.807, 2.05) is 0 Å². The average molecular weight is 308 g/mol. The lowest BCUT2D eigenvalue weighted by atomic mass is 9.97. The van der Waals surface area contributed by atoms with Crippen molar-refractivity contribution < 1.29 is 26.7 Å². The van der Waals surface area contributed by atoms with Crippen molar-refractivity contribution in [1.29, 1.82) is 0 Å². The lowest BCUT2D eigenvalue weighted by Gasteiger charge is -2.32. The van der Waals surface area contributed by atoms with Crippen LogP contribution in [0.1, 0.15) is 23.2 Å². The van der Waals surface area contributed by atoms with Gasteiger partial charge in [0.1, 0.15) is 5.56 Å². The molecular formula is C13H13F5N2O. The van der Waals surface area contributed by atoms with Crippen LogP contribution in [0.2, 0.25) is 0 Å². The largest absolute Gasteiger partial charge is 0.338 e. The number of benzene rings is 1. The molecule has 21 heavy (non-hydrogen) atoms. The van der Waals surface area contributed by atoms with E-state index in [0.717, 1.165) is 11.3 Å². The summed E-state index contributed by atoms with van der Waals surface area (Å²) < 4.78 is 66.4. The summed E-state index contributed by atoms with van der Waals surface area (Å²) in [6.45, 7) is 0.602. The van der Waals surface area contributed by atoms with Gasteiger partial charge in [-0.15, -0.1) is 0 Å². The quantitative estimate of drug-likeness (QED) is 0.517. The van der Waals surface area contributed by atoms with Crippen molar-refractivity contribution in [3.63, 3.8) is 0 Å². The van der Waals surface area contributed by atoms with Crippen molar-refractivity contribution in [3.05, 3.63) is 34.6 Å². The fourth-order valence-corrected chi connectivity index (χ4v) is 2.39. The number of hydrogen-bond donors (Lipinski definition) is 1. The SMILES string of the molecule is NCC1CCCN(C(=O)c2c(F)c(F)c(F)c(F)c2F)C1. The molecule has 0 radical (unpaired) electrons. The molecule has 1 fully saturated rings. The van der Waals surface area contributed by atoms with Crippen LogP contribution in [0.4, 0.5) is 22.0 Å². The zero-order chi connectivity index (χ0) is 15.7. The molecule has 1 amide bonds. The fourth-order valence-electron chi connectivity index (χ4n) is 2.39. The molecule has 1 saturated heterocycles. The number of piperidine rings is 1. The molecule has 0 bridgehead atoms. The summed E-state index contributed by atoms with van der Waals surface area (Å²) in [5.74, 6) is -12.0. The summed E-state index contributed by atoms with van der Waals surface area (Å²) in [5, 5.41) is 0. The van der Waals surface area contributed by atoms with Crippen LogP contribution in [0.25, 0.3) is 0 Å². The van der Waals surface area contributed by atoms with Crippen LogP contribution in [0, 0.1) is 35.0 Å². The molecular weight excluding hydrogens is 295 g/mol. The van der Waals surface area contributed by atoms with Gasteiger partial charge in [0.25, 0.3) is 5.91 Å². The summed E-state index contributed by atoms with van der Waals surface area (Å²) >= 11 is 0. The van der Waals surface area contributed by atoms with Gasteiger partial charge in [0.05, 0.1) is 0 Å². The molecule has 0 saturated carbocycles. The maximum absolute atomic E-state index is 13.6. The predicted molar refractivity (Wildman–Crippen MR) is 63.9 cm³/mol. The van der Waals surface area contributed by atoms with Gasteiger partial charge in [-0.3, -0.25) is 4.79 Å². The van der Waals surface area contributed by atoms with Gasteiger partial charge in [-0.05, 0) is 25.3 Å². The second-order valence-electron chi connectivity index (χ2n) is 4.94. The molecule has 116 valence electrons. The normalized spacial score (nSPS) is 19.0. The Labute approximate surface area is 117 Å². The molecule has 2 rings (SSSR count). The van der Waals surface area contributed by atoms with E-state index in [1.165, 1.54) is 0 Å². The molecule has 1 aromatic carbocycles. The molecule has 0 spiro atoms. The van der Waals surface area contributed by atoms with E-state index in [0.29, 0.717) is 6.42 Å². The fraction of sp³-hybridized carbons (Fsp3) is 0.462. The molecule has 1 unspecified atom stereocenters. The first kappa shape index (κ1) is 15.7. The Morgan fingerprint density at radius 1 is 1.05 bits per heavy atom. The van der Waals surface area contributed by atoms with Gasteiger partial charge in [0.15, 0.2) is 23.3 Å². The predicted octanol–water partition coefficient (Wildman–Crippen LogP) is 2.19. The summed E-state index contributed by atoms with van der Waals surface area (Å²) in [4.78, 5) is 13.1. The molecule has 0 aromatic heterocycles. The van der Waals surface area contributed by atoms with Gasteiger partial charge < -0.3 is 10.6 Å². The number of halogens is 5. The molecule has 3 nitrogen and oxygen atoms in total. The molecule has 1 aliphatic heterocycles. The van der Waals surface area contributed by atoms with Gasteiger partial charge in [-0.1, -0.05) is 0 Å². The summed E-state index contributed by atoms with van der Waals surface area (Å²) in [6, 6.07) is 0. The van der Waals surface area contributed by atoms with E-state index in [9.17, 15) is 26.7 Å². The van der Waals surface area contributed by atoms with Crippen molar-refractivity contribution in [3.8, 4) is 0 Å². The average Bonchev–Trinajstić information content (AvgIpc) is 2.51. The van der Waals surface area contributed by atoms with Crippen LogP contribution in [0.15, 0.2) is 0 Å². The zero-order valence-electron chi connectivity index (χ0n) is 10.9. The third-order valence-electron chi connectivity index (χ3n) is 3.56. The second kappa shape index (κ2) is 5.97. The molecule has 8 heteroatoms. The van der Waals surface area contributed by atoms with Crippen LogP contribution < -0.4 is 5.73 Å². The number of nitrogens with two attached hydrogens (primary N) is 1. The van der Waals surface area contributed by atoms with Gasteiger partial charge >= 0.3 is 0 Å². The number of carbonyl (C=O) groups excluding carboxylic acids is 1. The lowest BCUT2D eigenvalue weighted by Crippen LogP contribution is -2.42. The number of likely N-dealkylation sites (tertiary alicyclic amines) is 1. The van der Waals surface area contributed by atoms with Crippen LogP contribution in [-0.4, -0.2) is 30.4 Å². The van der Waals surface area contributed by atoms with E-state index in [2.05, 4.69) is 0 Å². The monoisotopic (exact) mass is 308 g/mol. The lowest BCUT2D eigenvalue weighted by molar-refractivity contribution is 0.0665. The standard InChI is InChI=1S/C13H13F5N2O/c14-8-7(9(15)11(17)12(18)10(8)16)13(21)20-3-1-2-6(4-19)5-20/h6H,1-5,19H2. The van der Waals surface area contributed by atoms with E-state index >= 15 is 0 Å². The molecule has 1 atom stereocenters. The Morgan fingerprint density at radius 3 is 2.10 bits per heavy atom. The Bertz CT molecular complexity index is 549. The van der Waals surface area contributed by atoms with Crippen molar-refractivity contribution >= 4 is 5.91 Å². The highest BCUT2D eigenvalue weighted by Gasteiger charge is 2.33. The van der Waals surface area contributed by atoms with Crippen molar-refractivity contribution in [2.24, 2.45) is 11.7 Å². The minimum absolute atomic E-state index is 0.0519. The van der Waals surface area contributed by atoms with Crippen LogP contribution in [0.3, 0.4) is 0 Å². The zero-order valence-corrected chi connectivity index (χ0v) is 10.9. The number of amides is 1. The van der Waals surface area contributed by atoms with Gasteiger partial charge in [-0.25, -0.2) is 22.0 Å². The van der Waals surface area contributed by atoms with Crippen LogP contribution in [0.5, 0.6) is 0 Å². The minimum Gasteiger partial charge on any atom is -0.338 e. The Hall–Kier alpha value is -1.70. The Morgan fingerprint density at radius 2 is 1.57 bits per heavy atom. The molecule has 1 aliphatic rings. The van der Waals surface area contributed by atoms with Gasteiger partial charge in [0.2, 0.25) is 5.82 Å². The highest BCUT2D eigenvalue weighted by Crippen LogP contribution is 2.26. The number of rotatable bonds is 2. The Kier molecular flexibility index (Phi) is 4.46. The first-order chi connectivity index (χ1) is 9.88. The van der Waals surface area contributed by atoms with Crippen molar-refractivity contribution in [1.82, 2.24) is 4.90 Å². The second-order valence-corrected chi connectivity index (χ2v) is 4.94. The summed E-state index contributed by atoms with van der Waals surface area (Å²) in [5.41, 5.74) is 4.06. The molecule has 2 N–H and O–H groups in total. The smallest absolute Gasteiger partial charge is 0.260 e. The molecule has 1 heterocycles. The maximum atomic E-state index is 13.6. The highest BCUT2D eigenvalue weighted by molar-refractivity contribution is 5.95. The van der Waals surface area contributed by atoms with E-state index in [-0.39, 0.29) is 25.6 Å². The first-order valence-corrected chi connectivity index (χ1v) is 6.39.